The number of sulfonamides is 1. The molecule has 0 aliphatic rings. The largest absolute Gasteiger partial charge is 0.276 e. The molecule has 22 heavy (non-hydrogen) atoms. The Bertz CT molecular complexity index is 819. The first-order valence-electron chi connectivity index (χ1n) is 5.94. The van der Waals surface area contributed by atoms with Crippen molar-refractivity contribution >= 4 is 33.5 Å². The molecule has 114 valence electrons. The quantitative estimate of drug-likeness (QED) is 0.513. The van der Waals surface area contributed by atoms with Crippen molar-refractivity contribution in [2.45, 2.75) is 4.90 Å². The number of hydrogen-bond acceptors (Lipinski definition) is 5. The van der Waals surface area contributed by atoms with Crippen molar-refractivity contribution < 1.29 is 13.3 Å². The van der Waals surface area contributed by atoms with Crippen LogP contribution in [0.15, 0.2) is 58.5 Å². The van der Waals surface area contributed by atoms with Gasteiger partial charge in [-0.05, 0) is 18.2 Å². The van der Waals surface area contributed by atoms with Crippen molar-refractivity contribution in [3.8, 4) is 0 Å². The minimum absolute atomic E-state index is 0.130. The SMILES string of the molecule is O=[N+]([O-])c1ccc(S(=O)(=O)NN=Cc2ccccc2Cl)cc1. The van der Waals surface area contributed by atoms with Gasteiger partial charge in [0.25, 0.3) is 15.7 Å². The highest BCUT2D eigenvalue weighted by atomic mass is 35.5. The van der Waals surface area contributed by atoms with Crippen LogP contribution in [0.3, 0.4) is 0 Å². The van der Waals surface area contributed by atoms with Crippen LogP contribution in [0.2, 0.25) is 5.02 Å². The molecule has 0 heterocycles. The fourth-order valence-corrected chi connectivity index (χ4v) is 2.52. The first kappa shape index (κ1) is 15.9. The summed E-state index contributed by atoms with van der Waals surface area (Å²) in [5, 5.41) is 14.6. The van der Waals surface area contributed by atoms with Crippen LogP contribution in [-0.4, -0.2) is 19.6 Å². The van der Waals surface area contributed by atoms with E-state index >= 15 is 0 Å². The molecule has 2 rings (SSSR count). The molecule has 2 aromatic rings. The molecule has 0 aromatic heterocycles. The van der Waals surface area contributed by atoms with Gasteiger partial charge in [0.05, 0.1) is 16.0 Å². The van der Waals surface area contributed by atoms with E-state index in [2.05, 4.69) is 5.10 Å². The van der Waals surface area contributed by atoms with Crippen LogP contribution in [0.5, 0.6) is 0 Å². The Morgan fingerprint density at radius 1 is 1.14 bits per heavy atom. The van der Waals surface area contributed by atoms with Gasteiger partial charge in [-0.2, -0.15) is 13.5 Å². The van der Waals surface area contributed by atoms with Crippen LogP contribution in [0.25, 0.3) is 0 Å². The first-order valence-corrected chi connectivity index (χ1v) is 7.80. The lowest BCUT2D eigenvalue weighted by molar-refractivity contribution is -0.384. The number of non-ortho nitro benzene ring substituents is 1. The molecular weight excluding hydrogens is 330 g/mol. The normalized spacial score (nSPS) is 11.5. The van der Waals surface area contributed by atoms with E-state index in [4.69, 9.17) is 11.6 Å². The van der Waals surface area contributed by atoms with Crippen LogP contribution in [0.1, 0.15) is 5.56 Å². The van der Waals surface area contributed by atoms with Crippen molar-refractivity contribution in [2.24, 2.45) is 5.10 Å². The summed E-state index contributed by atoms with van der Waals surface area (Å²) < 4.78 is 23.9. The number of benzene rings is 2. The molecule has 0 fully saturated rings. The molecule has 0 amide bonds. The molecule has 2 aromatic carbocycles. The first-order chi connectivity index (χ1) is 10.4. The zero-order chi connectivity index (χ0) is 16.2. The third-order valence-electron chi connectivity index (χ3n) is 2.64. The summed E-state index contributed by atoms with van der Waals surface area (Å²) in [5.74, 6) is 0. The topological polar surface area (TPSA) is 102 Å². The number of hydrogen-bond donors (Lipinski definition) is 1. The fourth-order valence-electron chi connectivity index (χ4n) is 1.54. The smallest absolute Gasteiger partial charge is 0.258 e. The minimum atomic E-state index is -3.90. The molecule has 0 spiro atoms. The second kappa shape index (κ2) is 6.54. The Hall–Kier alpha value is -2.45. The van der Waals surface area contributed by atoms with Crippen LogP contribution in [0.4, 0.5) is 5.69 Å². The Morgan fingerprint density at radius 3 is 2.36 bits per heavy atom. The Balaban J connectivity index is 2.14. The number of nitrogens with zero attached hydrogens (tertiary/aromatic N) is 2. The fraction of sp³-hybridized carbons (Fsp3) is 0. The summed E-state index contributed by atoms with van der Waals surface area (Å²) in [4.78, 5) is 11.8. The molecule has 0 bridgehead atoms. The van der Waals surface area contributed by atoms with E-state index in [1.807, 2.05) is 4.83 Å². The zero-order valence-corrected chi connectivity index (χ0v) is 12.6. The van der Waals surface area contributed by atoms with Gasteiger partial charge in [0.15, 0.2) is 0 Å². The highest BCUT2D eigenvalue weighted by molar-refractivity contribution is 7.89. The average molecular weight is 340 g/mol. The predicted molar refractivity (Wildman–Crippen MR) is 82.5 cm³/mol. The summed E-state index contributed by atoms with van der Waals surface area (Å²) in [6.07, 6.45) is 1.27. The van der Waals surface area contributed by atoms with E-state index in [1.54, 1.807) is 24.3 Å². The van der Waals surface area contributed by atoms with E-state index in [1.165, 1.54) is 6.21 Å². The summed E-state index contributed by atoms with van der Waals surface area (Å²) in [5.41, 5.74) is 0.356. The van der Waals surface area contributed by atoms with Gasteiger partial charge in [-0.25, -0.2) is 4.83 Å². The predicted octanol–water partition coefficient (Wildman–Crippen LogP) is 2.56. The number of nitro benzene ring substituents is 1. The third kappa shape index (κ3) is 3.80. The van der Waals surface area contributed by atoms with Crippen molar-refractivity contribution in [2.75, 3.05) is 0 Å². The zero-order valence-electron chi connectivity index (χ0n) is 11.0. The molecule has 0 radical (unpaired) electrons. The maximum Gasteiger partial charge on any atom is 0.276 e. The molecule has 0 atom stereocenters. The molecule has 0 aliphatic heterocycles. The lowest BCUT2D eigenvalue weighted by atomic mass is 10.2. The van der Waals surface area contributed by atoms with Crippen LogP contribution in [-0.2, 0) is 10.0 Å². The van der Waals surface area contributed by atoms with E-state index in [9.17, 15) is 18.5 Å². The summed E-state index contributed by atoms with van der Waals surface area (Å²) in [6, 6.07) is 11.3. The third-order valence-corrected chi connectivity index (χ3v) is 4.22. The van der Waals surface area contributed by atoms with Gasteiger partial charge < -0.3 is 0 Å². The second-order valence-electron chi connectivity index (χ2n) is 4.13. The van der Waals surface area contributed by atoms with Crippen molar-refractivity contribution in [3.63, 3.8) is 0 Å². The molecule has 9 heteroatoms. The van der Waals surface area contributed by atoms with Crippen LogP contribution in [0, 0.1) is 10.1 Å². The lowest BCUT2D eigenvalue weighted by Gasteiger charge is -2.03. The minimum Gasteiger partial charge on any atom is -0.258 e. The van der Waals surface area contributed by atoms with E-state index in [0.717, 1.165) is 24.3 Å². The van der Waals surface area contributed by atoms with Gasteiger partial charge in [0.2, 0.25) is 0 Å². The summed E-state index contributed by atoms with van der Waals surface area (Å²) >= 11 is 5.91. The van der Waals surface area contributed by atoms with Crippen LogP contribution < -0.4 is 4.83 Å². The number of rotatable bonds is 5. The molecule has 0 saturated carbocycles. The standard InChI is InChI=1S/C13H10ClN3O4S/c14-13-4-2-1-3-10(13)9-15-16-22(20,21)12-7-5-11(6-8-12)17(18)19/h1-9,16H. The number of nitrogens with one attached hydrogen (secondary N) is 1. The van der Waals surface area contributed by atoms with Crippen LogP contribution >= 0.6 is 11.6 Å². The van der Waals surface area contributed by atoms with E-state index < -0.39 is 14.9 Å². The summed E-state index contributed by atoms with van der Waals surface area (Å²) in [6.45, 7) is 0. The lowest BCUT2D eigenvalue weighted by Crippen LogP contribution is -2.18. The number of halogens is 1. The molecule has 0 aliphatic carbocycles. The molecule has 1 N–H and O–H groups in total. The highest BCUT2D eigenvalue weighted by Gasteiger charge is 2.14. The van der Waals surface area contributed by atoms with Crippen molar-refractivity contribution in [1.29, 1.82) is 0 Å². The molecule has 7 nitrogen and oxygen atoms in total. The van der Waals surface area contributed by atoms with Gasteiger partial charge in [-0.15, -0.1) is 0 Å². The van der Waals surface area contributed by atoms with Gasteiger partial charge in [-0.3, -0.25) is 10.1 Å². The average Bonchev–Trinajstić information content (AvgIpc) is 2.49. The maximum atomic E-state index is 12.0. The Labute approximate surface area is 131 Å². The second-order valence-corrected chi connectivity index (χ2v) is 6.19. The van der Waals surface area contributed by atoms with Gasteiger partial charge in [0, 0.05) is 22.7 Å². The molecule has 0 saturated heterocycles. The van der Waals surface area contributed by atoms with Gasteiger partial charge >= 0.3 is 0 Å². The van der Waals surface area contributed by atoms with E-state index in [-0.39, 0.29) is 10.6 Å². The highest BCUT2D eigenvalue weighted by Crippen LogP contribution is 2.16. The van der Waals surface area contributed by atoms with Crippen molar-refractivity contribution in [3.05, 3.63) is 69.2 Å². The van der Waals surface area contributed by atoms with Gasteiger partial charge in [0.1, 0.15) is 0 Å². The summed E-state index contributed by atoms with van der Waals surface area (Å²) in [7, 11) is -3.90. The Morgan fingerprint density at radius 2 is 1.77 bits per heavy atom. The number of hydrazone groups is 1. The van der Waals surface area contributed by atoms with E-state index in [0.29, 0.717) is 10.6 Å². The van der Waals surface area contributed by atoms with Gasteiger partial charge in [-0.1, -0.05) is 29.8 Å². The maximum absolute atomic E-state index is 12.0. The van der Waals surface area contributed by atoms with Crippen molar-refractivity contribution in [1.82, 2.24) is 4.83 Å². The molecule has 0 unspecified atom stereocenters. The Kier molecular flexibility index (Phi) is 4.74. The monoisotopic (exact) mass is 339 g/mol. The molecular formula is C13H10ClN3O4S. The number of nitro groups is 1.